The number of Topliss-reactive ketones (excluding diaryl/α,β-unsaturated/α-hetero) is 2. The highest BCUT2D eigenvalue weighted by Gasteiger charge is 2.37. The van der Waals surface area contributed by atoms with Gasteiger partial charge in [-0.2, -0.15) is 0 Å². The first-order valence-corrected chi connectivity index (χ1v) is 7.12. The summed E-state index contributed by atoms with van der Waals surface area (Å²) in [6.07, 6.45) is 2.06. The molecule has 2 aromatic rings. The molecule has 1 aliphatic rings. The Balaban J connectivity index is 1.65. The molecule has 0 amide bonds. The Hall–Kier alpha value is -2.42. The molecule has 0 saturated heterocycles. The number of ketones is 2. The summed E-state index contributed by atoms with van der Waals surface area (Å²) in [5.41, 5.74) is 2.14. The summed E-state index contributed by atoms with van der Waals surface area (Å²) in [6, 6.07) is 14.1. The first-order chi connectivity index (χ1) is 10.2. The van der Waals surface area contributed by atoms with E-state index in [0.717, 1.165) is 18.4 Å². The maximum atomic E-state index is 12.2. The minimum atomic E-state index is -0.528. The molecule has 1 N–H and O–H groups in total. The molecule has 0 heterocycles. The topological polar surface area (TPSA) is 54.4 Å². The number of benzene rings is 2. The lowest BCUT2D eigenvalue weighted by Gasteiger charge is -2.07. The van der Waals surface area contributed by atoms with Crippen LogP contribution in [0.5, 0.6) is 5.75 Å². The number of phenolic OH excluding ortho intramolecular Hbond substituents is 1. The molecule has 2 aromatic carbocycles. The average Bonchev–Trinajstić information content (AvgIpc) is 2.73. The van der Waals surface area contributed by atoms with Crippen LogP contribution in [-0.4, -0.2) is 16.7 Å². The Morgan fingerprint density at radius 2 is 1.57 bits per heavy atom. The summed E-state index contributed by atoms with van der Waals surface area (Å²) in [4.78, 5) is 24.5. The number of rotatable bonds is 4. The zero-order valence-electron chi connectivity index (χ0n) is 11.6. The Morgan fingerprint density at radius 3 is 2.19 bits per heavy atom. The van der Waals surface area contributed by atoms with E-state index < -0.39 is 5.92 Å². The molecule has 0 aromatic heterocycles. The second-order valence-corrected chi connectivity index (χ2v) is 5.39. The van der Waals surface area contributed by atoms with Gasteiger partial charge < -0.3 is 5.11 Å². The smallest absolute Gasteiger partial charge is 0.174 e. The first kappa shape index (κ1) is 13.6. The van der Waals surface area contributed by atoms with Crippen LogP contribution in [0.1, 0.15) is 39.1 Å². The van der Waals surface area contributed by atoms with E-state index in [9.17, 15) is 14.7 Å². The van der Waals surface area contributed by atoms with Gasteiger partial charge in [0.1, 0.15) is 5.75 Å². The van der Waals surface area contributed by atoms with Gasteiger partial charge in [0.2, 0.25) is 0 Å². The maximum absolute atomic E-state index is 12.2. The third-order valence-electron chi connectivity index (χ3n) is 3.96. The molecule has 106 valence electrons. The van der Waals surface area contributed by atoms with Crippen molar-refractivity contribution >= 4 is 11.6 Å². The Bertz CT molecular complexity index is 668. The van der Waals surface area contributed by atoms with Crippen LogP contribution in [0.3, 0.4) is 0 Å². The van der Waals surface area contributed by atoms with Crippen LogP contribution < -0.4 is 0 Å². The molecule has 21 heavy (non-hydrogen) atoms. The summed E-state index contributed by atoms with van der Waals surface area (Å²) in [5.74, 6) is -0.384. The molecule has 0 atom stereocenters. The largest absolute Gasteiger partial charge is 0.508 e. The molecule has 0 fully saturated rings. The molecule has 1 aliphatic carbocycles. The highest BCUT2D eigenvalue weighted by atomic mass is 16.3. The zero-order valence-corrected chi connectivity index (χ0v) is 11.6. The Kier molecular flexibility index (Phi) is 3.57. The minimum Gasteiger partial charge on any atom is -0.508 e. The summed E-state index contributed by atoms with van der Waals surface area (Å²) >= 11 is 0. The van der Waals surface area contributed by atoms with Crippen molar-refractivity contribution in [3.8, 4) is 5.75 Å². The lowest BCUT2D eigenvalue weighted by Crippen LogP contribution is -2.15. The van der Waals surface area contributed by atoms with Gasteiger partial charge in [0.15, 0.2) is 11.6 Å². The van der Waals surface area contributed by atoms with Gasteiger partial charge in [-0.3, -0.25) is 9.59 Å². The van der Waals surface area contributed by atoms with Gasteiger partial charge in [0.05, 0.1) is 5.92 Å². The summed E-state index contributed by atoms with van der Waals surface area (Å²) in [6.45, 7) is 0. The SMILES string of the molecule is O=C1c2ccccc2C(=O)C1CCCc1cccc(O)c1. The molecule has 3 nitrogen and oxygen atoms in total. The molecule has 0 aliphatic heterocycles. The van der Waals surface area contributed by atoms with Crippen LogP contribution in [0, 0.1) is 5.92 Å². The first-order valence-electron chi connectivity index (χ1n) is 7.12. The van der Waals surface area contributed by atoms with Gasteiger partial charge in [0.25, 0.3) is 0 Å². The lowest BCUT2D eigenvalue weighted by atomic mass is 9.95. The lowest BCUT2D eigenvalue weighted by molar-refractivity contribution is 0.0829. The molecule has 0 unspecified atom stereocenters. The third kappa shape index (κ3) is 2.59. The van der Waals surface area contributed by atoms with Crippen LogP contribution in [0.15, 0.2) is 48.5 Å². The monoisotopic (exact) mass is 280 g/mol. The Labute approximate surface area is 123 Å². The van der Waals surface area contributed by atoms with Crippen LogP contribution in [-0.2, 0) is 6.42 Å². The minimum absolute atomic E-state index is 0.0495. The molecule has 0 spiro atoms. The number of fused-ring (bicyclic) bond motifs is 1. The highest BCUT2D eigenvalue weighted by molar-refractivity contribution is 6.26. The molecule has 0 radical (unpaired) electrons. The summed E-state index contributed by atoms with van der Waals surface area (Å²) in [7, 11) is 0. The van der Waals surface area contributed by atoms with Crippen molar-refractivity contribution in [1.82, 2.24) is 0 Å². The quantitative estimate of drug-likeness (QED) is 0.873. The van der Waals surface area contributed by atoms with Crippen molar-refractivity contribution in [1.29, 1.82) is 0 Å². The van der Waals surface area contributed by atoms with E-state index in [2.05, 4.69) is 0 Å². The standard InChI is InChI=1S/C18H16O3/c19-13-7-3-5-12(11-13)6-4-10-16-17(20)14-8-1-2-9-15(14)18(16)21/h1-3,5,7-9,11,16,19H,4,6,10H2. The van der Waals surface area contributed by atoms with Gasteiger partial charge in [-0.05, 0) is 37.0 Å². The molecular formula is C18H16O3. The van der Waals surface area contributed by atoms with Gasteiger partial charge in [-0.1, -0.05) is 36.4 Å². The van der Waals surface area contributed by atoms with Crippen LogP contribution >= 0.6 is 0 Å². The fraction of sp³-hybridized carbons (Fsp3) is 0.222. The van der Waals surface area contributed by atoms with E-state index >= 15 is 0 Å². The Morgan fingerprint density at radius 1 is 0.905 bits per heavy atom. The molecular weight excluding hydrogens is 264 g/mol. The van der Waals surface area contributed by atoms with Crippen LogP contribution in [0.2, 0.25) is 0 Å². The van der Waals surface area contributed by atoms with Crippen molar-refractivity contribution in [3.63, 3.8) is 0 Å². The van der Waals surface area contributed by atoms with Gasteiger partial charge >= 0.3 is 0 Å². The summed E-state index contributed by atoms with van der Waals surface area (Å²) < 4.78 is 0. The molecule has 3 heteroatoms. The number of carbonyl (C=O) groups is 2. The van der Waals surface area contributed by atoms with Crippen LogP contribution in [0.25, 0.3) is 0 Å². The number of aryl methyl sites for hydroxylation is 1. The average molecular weight is 280 g/mol. The van der Waals surface area contributed by atoms with E-state index in [0.29, 0.717) is 17.5 Å². The normalized spacial score (nSPS) is 14.5. The second kappa shape index (κ2) is 5.52. The van der Waals surface area contributed by atoms with E-state index in [1.165, 1.54) is 0 Å². The van der Waals surface area contributed by atoms with Crippen molar-refractivity contribution in [2.45, 2.75) is 19.3 Å². The van der Waals surface area contributed by atoms with E-state index in [-0.39, 0.29) is 17.3 Å². The third-order valence-corrected chi connectivity index (χ3v) is 3.96. The maximum Gasteiger partial charge on any atom is 0.174 e. The molecule has 0 bridgehead atoms. The second-order valence-electron chi connectivity index (χ2n) is 5.39. The predicted molar refractivity (Wildman–Crippen MR) is 79.6 cm³/mol. The molecule has 3 rings (SSSR count). The fourth-order valence-electron chi connectivity index (χ4n) is 2.89. The number of hydrogen-bond donors (Lipinski definition) is 1. The van der Waals surface area contributed by atoms with Crippen molar-refractivity contribution < 1.29 is 14.7 Å². The molecule has 0 saturated carbocycles. The fourth-order valence-corrected chi connectivity index (χ4v) is 2.89. The van der Waals surface area contributed by atoms with Crippen molar-refractivity contribution in [2.75, 3.05) is 0 Å². The van der Waals surface area contributed by atoms with Gasteiger partial charge in [0, 0.05) is 11.1 Å². The highest BCUT2D eigenvalue weighted by Crippen LogP contribution is 2.30. The van der Waals surface area contributed by atoms with Crippen molar-refractivity contribution in [2.24, 2.45) is 5.92 Å². The number of aromatic hydroxyl groups is 1. The predicted octanol–water partition coefficient (Wildman–Crippen LogP) is 3.41. The zero-order chi connectivity index (χ0) is 14.8. The van der Waals surface area contributed by atoms with Gasteiger partial charge in [-0.15, -0.1) is 0 Å². The van der Waals surface area contributed by atoms with Crippen LogP contribution in [0.4, 0.5) is 0 Å². The number of carbonyl (C=O) groups excluding carboxylic acids is 2. The van der Waals surface area contributed by atoms with E-state index in [1.807, 2.05) is 6.07 Å². The van der Waals surface area contributed by atoms with Crippen molar-refractivity contribution in [3.05, 3.63) is 65.2 Å². The number of hydrogen-bond acceptors (Lipinski definition) is 3. The number of phenols is 1. The van der Waals surface area contributed by atoms with Gasteiger partial charge in [-0.25, -0.2) is 0 Å². The van der Waals surface area contributed by atoms with E-state index in [4.69, 9.17) is 0 Å². The van der Waals surface area contributed by atoms with E-state index in [1.54, 1.807) is 42.5 Å². The summed E-state index contributed by atoms with van der Waals surface area (Å²) in [5, 5.41) is 9.42.